The number of azide groups is 1. The van der Waals surface area contributed by atoms with Crippen molar-refractivity contribution in [3.8, 4) is 0 Å². The first-order chi connectivity index (χ1) is 9.65. The Labute approximate surface area is 116 Å². The highest BCUT2D eigenvalue weighted by Crippen LogP contribution is 2.25. The van der Waals surface area contributed by atoms with Gasteiger partial charge in [0.15, 0.2) is 0 Å². The summed E-state index contributed by atoms with van der Waals surface area (Å²) in [5.74, 6) is -0.0987. The molecule has 2 amide bonds. The largest absolute Gasteiger partial charge is 0.355 e. The molecule has 1 aliphatic heterocycles. The van der Waals surface area contributed by atoms with Crippen LogP contribution in [0.25, 0.3) is 10.4 Å². The Morgan fingerprint density at radius 2 is 2.20 bits per heavy atom. The summed E-state index contributed by atoms with van der Waals surface area (Å²) in [4.78, 5) is 27.7. The predicted octanol–water partition coefficient (Wildman–Crippen LogP) is 1.71. The van der Waals surface area contributed by atoms with Crippen LogP contribution in [0.2, 0.25) is 0 Å². The number of hydrogen-bond donors (Lipinski definition) is 1. The molecule has 1 aliphatic rings. The van der Waals surface area contributed by atoms with Gasteiger partial charge in [-0.05, 0) is 35.7 Å². The minimum atomic E-state index is -0.162. The third-order valence-corrected chi connectivity index (χ3v) is 3.28. The van der Waals surface area contributed by atoms with Crippen LogP contribution in [-0.4, -0.2) is 32.0 Å². The van der Waals surface area contributed by atoms with Crippen molar-refractivity contribution in [2.75, 3.05) is 25.0 Å². The van der Waals surface area contributed by atoms with E-state index in [1.54, 1.807) is 36.2 Å². The summed E-state index contributed by atoms with van der Waals surface area (Å²) >= 11 is 0. The van der Waals surface area contributed by atoms with Crippen LogP contribution in [-0.2, 0) is 4.79 Å². The van der Waals surface area contributed by atoms with Crippen LogP contribution in [0.15, 0.2) is 29.4 Å². The fourth-order valence-corrected chi connectivity index (χ4v) is 2.24. The third-order valence-electron chi connectivity index (χ3n) is 3.28. The molecule has 1 heterocycles. The molecule has 0 radical (unpaired) electrons. The van der Waals surface area contributed by atoms with Gasteiger partial charge in [-0.2, -0.15) is 0 Å². The van der Waals surface area contributed by atoms with Gasteiger partial charge in [0.2, 0.25) is 5.91 Å². The molecule has 1 unspecified atom stereocenters. The van der Waals surface area contributed by atoms with E-state index in [2.05, 4.69) is 15.3 Å². The third kappa shape index (κ3) is 2.89. The number of hydrogen-bond acceptors (Lipinski definition) is 3. The molecule has 0 saturated carbocycles. The normalized spacial score (nSPS) is 17.8. The Kier molecular flexibility index (Phi) is 4.22. The van der Waals surface area contributed by atoms with Gasteiger partial charge < -0.3 is 10.2 Å². The number of nitrogens with one attached hydrogen (secondary N) is 1. The van der Waals surface area contributed by atoms with E-state index >= 15 is 0 Å². The Morgan fingerprint density at radius 1 is 1.50 bits per heavy atom. The van der Waals surface area contributed by atoms with Crippen molar-refractivity contribution in [1.82, 2.24) is 5.32 Å². The highest BCUT2D eigenvalue weighted by molar-refractivity contribution is 5.97. The smallest absolute Gasteiger partial charge is 0.251 e. The van der Waals surface area contributed by atoms with Gasteiger partial charge in [0.25, 0.3) is 5.91 Å². The molecule has 104 valence electrons. The SMILES string of the molecule is CNC(=O)c1ccc(N2CC(CN=[N+]=[N-])CC2=O)cc1. The summed E-state index contributed by atoms with van der Waals surface area (Å²) in [5, 5.41) is 6.06. The number of benzene rings is 1. The van der Waals surface area contributed by atoms with E-state index in [0.717, 1.165) is 5.69 Å². The second-order valence-corrected chi connectivity index (χ2v) is 4.61. The number of nitrogens with zero attached hydrogens (tertiary/aromatic N) is 4. The summed E-state index contributed by atoms with van der Waals surface area (Å²) in [7, 11) is 1.57. The molecule has 1 fully saturated rings. The number of amides is 2. The fourth-order valence-electron chi connectivity index (χ4n) is 2.24. The maximum atomic E-state index is 11.9. The van der Waals surface area contributed by atoms with Gasteiger partial charge in [0.1, 0.15) is 0 Å². The zero-order valence-electron chi connectivity index (χ0n) is 11.1. The topological polar surface area (TPSA) is 98.2 Å². The van der Waals surface area contributed by atoms with Crippen molar-refractivity contribution in [2.24, 2.45) is 11.0 Å². The van der Waals surface area contributed by atoms with E-state index in [9.17, 15) is 9.59 Å². The molecule has 0 aromatic heterocycles. The maximum absolute atomic E-state index is 11.9. The number of carbonyl (C=O) groups is 2. The van der Waals surface area contributed by atoms with Crippen LogP contribution >= 0.6 is 0 Å². The molecule has 2 rings (SSSR count). The Hall–Kier alpha value is -2.53. The van der Waals surface area contributed by atoms with E-state index in [-0.39, 0.29) is 17.7 Å². The molecule has 1 aromatic carbocycles. The van der Waals surface area contributed by atoms with Crippen molar-refractivity contribution in [2.45, 2.75) is 6.42 Å². The molecule has 0 bridgehead atoms. The molecule has 7 nitrogen and oxygen atoms in total. The van der Waals surface area contributed by atoms with E-state index < -0.39 is 0 Å². The summed E-state index contributed by atoms with van der Waals surface area (Å²) < 4.78 is 0. The quantitative estimate of drug-likeness (QED) is 0.513. The molecule has 1 atom stereocenters. The lowest BCUT2D eigenvalue weighted by Gasteiger charge is -2.16. The van der Waals surface area contributed by atoms with Crippen molar-refractivity contribution >= 4 is 17.5 Å². The van der Waals surface area contributed by atoms with Gasteiger partial charge in [0.05, 0.1) is 0 Å². The molecular weight excluding hydrogens is 258 g/mol. The van der Waals surface area contributed by atoms with Gasteiger partial charge in [-0.3, -0.25) is 9.59 Å². The van der Waals surface area contributed by atoms with Gasteiger partial charge in [-0.15, -0.1) is 0 Å². The molecule has 1 aromatic rings. The van der Waals surface area contributed by atoms with Crippen LogP contribution in [0.5, 0.6) is 0 Å². The van der Waals surface area contributed by atoms with Crippen LogP contribution < -0.4 is 10.2 Å². The number of rotatable bonds is 4. The van der Waals surface area contributed by atoms with Gasteiger partial charge in [-0.1, -0.05) is 5.11 Å². The van der Waals surface area contributed by atoms with E-state index in [4.69, 9.17) is 5.53 Å². The lowest BCUT2D eigenvalue weighted by molar-refractivity contribution is -0.117. The van der Waals surface area contributed by atoms with Gasteiger partial charge in [-0.25, -0.2) is 0 Å². The molecule has 0 aliphatic carbocycles. The lowest BCUT2D eigenvalue weighted by atomic mass is 10.1. The highest BCUT2D eigenvalue weighted by atomic mass is 16.2. The molecule has 7 heteroatoms. The maximum Gasteiger partial charge on any atom is 0.251 e. The summed E-state index contributed by atoms with van der Waals surface area (Å²) in [6.45, 7) is 0.867. The van der Waals surface area contributed by atoms with E-state index in [1.807, 2.05) is 0 Å². The van der Waals surface area contributed by atoms with Crippen molar-refractivity contribution < 1.29 is 9.59 Å². The molecular formula is C13H15N5O2. The van der Waals surface area contributed by atoms with E-state index in [1.165, 1.54) is 0 Å². The Morgan fingerprint density at radius 3 is 2.80 bits per heavy atom. The Balaban J connectivity index is 2.10. The first-order valence-electron chi connectivity index (χ1n) is 6.29. The highest BCUT2D eigenvalue weighted by Gasteiger charge is 2.29. The monoisotopic (exact) mass is 273 g/mol. The fraction of sp³-hybridized carbons (Fsp3) is 0.385. The average molecular weight is 273 g/mol. The minimum Gasteiger partial charge on any atom is -0.355 e. The van der Waals surface area contributed by atoms with Crippen molar-refractivity contribution in [3.05, 3.63) is 40.3 Å². The van der Waals surface area contributed by atoms with Crippen molar-refractivity contribution in [1.29, 1.82) is 0 Å². The van der Waals surface area contributed by atoms with Crippen molar-refractivity contribution in [3.63, 3.8) is 0 Å². The average Bonchev–Trinajstić information content (AvgIpc) is 2.85. The van der Waals surface area contributed by atoms with Crippen LogP contribution in [0, 0.1) is 5.92 Å². The lowest BCUT2D eigenvalue weighted by Crippen LogP contribution is -2.25. The van der Waals surface area contributed by atoms with Gasteiger partial charge >= 0.3 is 0 Å². The van der Waals surface area contributed by atoms with Crippen LogP contribution in [0.1, 0.15) is 16.8 Å². The van der Waals surface area contributed by atoms with Crippen LogP contribution in [0.3, 0.4) is 0 Å². The molecule has 20 heavy (non-hydrogen) atoms. The zero-order valence-corrected chi connectivity index (χ0v) is 11.1. The number of anilines is 1. The van der Waals surface area contributed by atoms with E-state index in [0.29, 0.717) is 25.1 Å². The molecule has 1 N–H and O–H groups in total. The summed E-state index contributed by atoms with van der Waals surface area (Å²) in [6, 6.07) is 6.86. The molecule has 0 spiro atoms. The van der Waals surface area contributed by atoms with Crippen LogP contribution in [0.4, 0.5) is 5.69 Å². The zero-order chi connectivity index (χ0) is 14.5. The predicted molar refractivity (Wildman–Crippen MR) is 74.3 cm³/mol. The Bertz CT molecular complexity index is 563. The second kappa shape index (κ2) is 6.08. The first-order valence-corrected chi connectivity index (χ1v) is 6.29. The first kappa shape index (κ1) is 13.9. The standard InChI is InChI=1S/C13H15N5O2/c1-15-13(20)10-2-4-11(5-3-10)18-8-9(6-12(18)19)7-16-17-14/h2-5,9H,6-8H2,1H3,(H,15,20). The summed E-state index contributed by atoms with van der Waals surface area (Å²) in [5.41, 5.74) is 9.61. The second-order valence-electron chi connectivity index (χ2n) is 4.61. The minimum absolute atomic E-state index is 0.0100. The molecule has 1 saturated heterocycles. The van der Waals surface area contributed by atoms with Gasteiger partial charge in [0, 0.05) is 42.7 Å². The summed E-state index contributed by atoms with van der Waals surface area (Å²) in [6.07, 6.45) is 0.385. The number of carbonyl (C=O) groups excluding carboxylic acids is 2.